The van der Waals surface area contributed by atoms with E-state index in [1.54, 1.807) is 24.3 Å². The molecular weight excluding hydrogens is 488 g/mol. The lowest BCUT2D eigenvalue weighted by atomic mass is 10.1. The van der Waals surface area contributed by atoms with Gasteiger partial charge in [-0.1, -0.05) is 56.7 Å². The average Bonchev–Trinajstić information content (AvgIpc) is 3.48. The van der Waals surface area contributed by atoms with Crippen LogP contribution in [0.4, 0.5) is 5.13 Å². The van der Waals surface area contributed by atoms with Crippen molar-refractivity contribution in [1.29, 1.82) is 0 Å². The summed E-state index contributed by atoms with van der Waals surface area (Å²) in [5.41, 5.74) is 5.36. The second kappa shape index (κ2) is 10.2. The Balaban J connectivity index is 1.31. The first-order valence-electron chi connectivity index (χ1n) is 12.0. The predicted octanol–water partition coefficient (Wildman–Crippen LogP) is 6.85. The molecule has 1 amide bonds. The van der Waals surface area contributed by atoms with Crippen molar-refractivity contribution in [3.63, 3.8) is 0 Å². The van der Waals surface area contributed by atoms with Gasteiger partial charge in [-0.05, 0) is 43.0 Å². The van der Waals surface area contributed by atoms with E-state index in [2.05, 4.69) is 51.5 Å². The molecule has 0 aliphatic rings. The van der Waals surface area contributed by atoms with Crippen LogP contribution in [0.2, 0.25) is 0 Å². The molecular formula is C28H26N4O2S2. The minimum absolute atomic E-state index is 0.127. The lowest BCUT2D eigenvalue weighted by molar-refractivity contribution is 0.102. The Kier molecular flexibility index (Phi) is 6.80. The number of nitrogens with one attached hydrogen (secondary N) is 2. The first-order valence-corrected chi connectivity index (χ1v) is 13.6. The number of aryl methyl sites for hydroxylation is 3. The minimum Gasteiger partial charge on any atom is -0.306 e. The second-order valence-corrected chi connectivity index (χ2v) is 10.7. The van der Waals surface area contributed by atoms with Gasteiger partial charge in [-0.25, -0.2) is 9.97 Å². The number of fused-ring (bicyclic) bond motifs is 1. The average molecular weight is 515 g/mol. The lowest BCUT2D eigenvalue weighted by Crippen LogP contribution is -2.12. The van der Waals surface area contributed by atoms with Crippen molar-refractivity contribution in [2.75, 3.05) is 5.32 Å². The molecule has 0 unspecified atom stereocenters. The van der Waals surface area contributed by atoms with Crippen molar-refractivity contribution in [2.24, 2.45) is 0 Å². The molecule has 2 N–H and O–H groups in total. The van der Waals surface area contributed by atoms with Crippen LogP contribution in [0.25, 0.3) is 32.9 Å². The van der Waals surface area contributed by atoms with Crippen LogP contribution in [0, 0.1) is 6.92 Å². The summed E-state index contributed by atoms with van der Waals surface area (Å²) in [6.07, 6.45) is 2.97. The number of thiazole rings is 1. The maximum Gasteiger partial charge on any atom is 0.260 e. The van der Waals surface area contributed by atoms with Gasteiger partial charge in [-0.2, -0.15) is 0 Å². The van der Waals surface area contributed by atoms with Gasteiger partial charge in [-0.3, -0.25) is 14.9 Å². The van der Waals surface area contributed by atoms with Gasteiger partial charge in [0.05, 0.1) is 11.1 Å². The number of nitrogens with zero attached hydrogens (tertiary/aromatic N) is 2. The van der Waals surface area contributed by atoms with Crippen molar-refractivity contribution in [2.45, 2.75) is 40.0 Å². The van der Waals surface area contributed by atoms with Crippen molar-refractivity contribution < 1.29 is 4.79 Å². The van der Waals surface area contributed by atoms with Crippen molar-refractivity contribution in [1.82, 2.24) is 15.0 Å². The highest BCUT2D eigenvalue weighted by molar-refractivity contribution is 7.18. The number of carbonyl (C=O) groups is 1. The standard InChI is InChI=1S/C28H26N4O2S2/c1-4-6-17-7-9-18(10-8-17)22-15-35-28(29-22)32-25(33)20-13-11-19(12-14-20)24-30-26(34)23-21(5-2)16(3)36-27(23)31-24/h7-15H,4-6H2,1-3H3,(H,29,32,33)(H,30,31,34). The molecule has 5 rings (SSSR count). The van der Waals surface area contributed by atoms with Crippen LogP contribution in [-0.2, 0) is 12.8 Å². The SMILES string of the molecule is CCCc1ccc(-c2csc(NC(=O)c3ccc(-c4nc5sc(C)c(CC)c5c(=O)[nH]4)cc3)n2)cc1. The number of rotatable bonds is 7. The summed E-state index contributed by atoms with van der Waals surface area (Å²) in [5.74, 6) is 0.261. The Morgan fingerprint density at radius 2 is 1.72 bits per heavy atom. The fourth-order valence-electron chi connectivity index (χ4n) is 4.28. The summed E-state index contributed by atoms with van der Waals surface area (Å²) in [5, 5.41) is 6.06. The zero-order valence-electron chi connectivity index (χ0n) is 20.3. The third kappa shape index (κ3) is 4.74. The van der Waals surface area contributed by atoms with Gasteiger partial charge in [0.2, 0.25) is 0 Å². The Hall–Kier alpha value is -3.62. The van der Waals surface area contributed by atoms with E-state index < -0.39 is 0 Å². The van der Waals surface area contributed by atoms with E-state index in [-0.39, 0.29) is 11.5 Å². The summed E-state index contributed by atoms with van der Waals surface area (Å²) in [4.78, 5) is 39.6. The Labute approximate surface area is 217 Å². The highest BCUT2D eigenvalue weighted by Gasteiger charge is 2.15. The molecule has 5 aromatic rings. The highest BCUT2D eigenvalue weighted by atomic mass is 32.1. The van der Waals surface area contributed by atoms with Gasteiger partial charge in [0.25, 0.3) is 11.5 Å². The normalized spacial score (nSPS) is 11.2. The quantitative estimate of drug-likeness (QED) is 0.249. The predicted molar refractivity (Wildman–Crippen MR) is 149 cm³/mol. The number of hydrogen-bond donors (Lipinski definition) is 2. The molecule has 0 spiro atoms. The van der Waals surface area contributed by atoms with Gasteiger partial charge >= 0.3 is 0 Å². The number of hydrogen-bond acceptors (Lipinski definition) is 6. The molecule has 0 aliphatic heterocycles. The molecule has 0 aliphatic carbocycles. The third-order valence-corrected chi connectivity index (χ3v) is 7.95. The molecule has 182 valence electrons. The van der Waals surface area contributed by atoms with E-state index in [4.69, 9.17) is 0 Å². The van der Waals surface area contributed by atoms with E-state index in [9.17, 15) is 9.59 Å². The monoisotopic (exact) mass is 514 g/mol. The largest absolute Gasteiger partial charge is 0.306 e. The maximum atomic E-state index is 12.8. The number of amides is 1. The molecule has 36 heavy (non-hydrogen) atoms. The minimum atomic E-state index is -0.237. The van der Waals surface area contributed by atoms with Gasteiger partial charge in [0, 0.05) is 26.9 Å². The number of benzene rings is 2. The van der Waals surface area contributed by atoms with Crippen LogP contribution in [-0.4, -0.2) is 20.9 Å². The third-order valence-electron chi connectivity index (χ3n) is 6.15. The van der Waals surface area contributed by atoms with Gasteiger partial charge in [0.15, 0.2) is 5.13 Å². The zero-order chi connectivity index (χ0) is 25.2. The Bertz CT molecular complexity index is 1600. The summed E-state index contributed by atoms with van der Waals surface area (Å²) in [7, 11) is 0. The first kappa shape index (κ1) is 24.1. The van der Waals surface area contributed by atoms with Crippen molar-refractivity contribution in [3.05, 3.63) is 85.8 Å². The molecule has 3 aromatic heterocycles. The number of anilines is 1. The highest BCUT2D eigenvalue weighted by Crippen LogP contribution is 2.29. The van der Waals surface area contributed by atoms with Crippen molar-refractivity contribution in [3.8, 4) is 22.6 Å². The summed E-state index contributed by atoms with van der Waals surface area (Å²) in [6, 6.07) is 15.4. The van der Waals surface area contributed by atoms with E-state index in [1.165, 1.54) is 28.2 Å². The topological polar surface area (TPSA) is 87.7 Å². The molecule has 0 saturated heterocycles. The van der Waals surface area contributed by atoms with Crippen LogP contribution in [0.1, 0.15) is 46.6 Å². The smallest absolute Gasteiger partial charge is 0.260 e. The van der Waals surface area contributed by atoms with Crippen LogP contribution < -0.4 is 10.9 Å². The number of aromatic amines is 1. The molecule has 0 saturated carbocycles. The van der Waals surface area contributed by atoms with Crippen molar-refractivity contribution >= 4 is 43.9 Å². The molecule has 0 fully saturated rings. The summed E-state index contributed by atoms with van der Waals surface area (Å²) >= 11 is 2.94. The second-order valence-electron chi connectivity index (χ2n) is 8.60. The fraction of sp³-hybridized carbons (Fsp3) is 0.214. The fourth-order valence-corrected chi connectivity index (χ4v) is 6.11. The van der Waals surface area contributed by atoms with Crippen LogP contribution in [0.5, 0.6) is 0 Å². The van der Waals surface area contributed by atoms with Crippen LogP contribution >= 0.6 is 22.7 Å². The number of aromatic nitrogens is 3. The molecule has 2 aromatic carbocycles. The van der Waals surface area contributed by atoms with E-state index in [0.717, 1.165) is 51.4 Å². The molecule has 3 heterocycles. The molecule has 0 atom stereocenters. The van der Waals surface area contributed by atoms with Gasteiger partial charge in [-0.15, -0.1) is 22.7 Å². The molecule has 0 radical (unpaired) electrons. The van der Waals surface area contributed by atoms with Gasteiger partial charge < -0.3 is 4.98 Å². The lowest BCUT2D eigenvalue weighted by Gasteiger charge is -2.05. The molecule has 6 nitrogen and oxygen atoms in total. The first-order chi connectivity index (χ1) is 17.5. The molecule has 0 bridgehead atoms. The summed E-state index contributed by atoms with van der Waals surface area (Å²) < 4.78 is 0. The Morgan fingerprint density at radius 1 is 1.00 bits per heavy atom. The molecule has 8 heteroatoms. The maximum absolute atomic E-state index is 12.8. The van der Waals surface area contributed by atoms with E-state index in [0.29, 0.717) is 21.9 Å². The van der Waals surface area contributed by atoms with Gasteiger partial charge in [0.1, 0.15) is 10.7 Å². The number of H-pyrrole nitrogens is 1. The number of thiophene rings is 1. The summed E-state index contributed by atoms with van der Waals surface area (Å²) in [6.45, 7) is 6.23. The zero-order valence-corrected chi connectivity index (χ0v) is 22.0. The Morgan fingerprint density at radius 3 is 2.42 bits per heavy atom. The van der Waals surface area contributed by atoms with E-state index in [1.807, 2.05) is 19.2 Å². The van der Waals surface area contributed by atoms with E-state index >= 15 is 0 Å². The number of carbonyl (C=O) groups excluding carboxylic acids is 1. The van der Waals surface area contributed by atoms with Crippen LogP contribution in [0.15, 0.2) is 58.7 Å². The van der Waals surface area contributed by atoms with Crippen LogP contribution in [0.3, 0.4) is 0 Å².